The van der Waals surface area contributed by atoms with E-state index in [1.807, 2.05) is 78.9 Å². The minimum atomic E-state index is -0.0111. The highest BCUT2D eigenvalue weighted by molar-refractivity contribution is 6.06. The predicted octanol–water partition coefficient (Wildman–Crippen LogP) is 6.79. The monoisotopic (exact) mass is 413 g/mol. The molecule has 0 radical (unpaired) electrons. The van der Waals surface area contributed by atoms with E-state index in [0.29, 0.717) is 12.1 Å². The van der Waals surface area contributed by atoms with Gasteiger partial charge < -0.3 is 9.64 Å². The Morgan fingerprint density at radius 3 is 2.26 bits per heavy atom. The van der Waals surface area contributed by atoms with Gasteiger partial charge in [0.2, 0.25) is 0 Å². The highest BCUT2D eigenvalue weighted by Crippen LogP contribution is 2.22. The fraction of sp³-hybridized carbons (Fsp3) is 0.250. The Balaban J connectivity index is 1.78. The van der Waals surface area contributed by atoms with Crippen LogP contribution in [0.1, 0.15) is 47.7 Å². The number of anilines is 1. The summed E-state index contributed by atoms with van der Waals surface area (Å²) >= 11 is 0. The third kappa shape index (κ3) is 6.58. The maximum Gasteiger partial charge on any atom is 0.258 e. The molecule has 0 aliphatic heterocycles. The average molecular weight is 414 g/mol. The van der Waals surface area contributed by atoms with Gasteiger partial charge in [-0.3, -0.25) is 4.79 Å². The van der Waals surface area contributed by atoms with Gasteiger partial charge in [-0.2, -0.15) is 0 Å². The molecule has 0 saturated heterocycles. The second-order valence-corrected chi connectivity index (χ2v) is 7.58. The van der Waals surface area contributed by atoms with E-state index < -0.39 is 0 Å². The fourth-order valence-corrected chi connectivity index (χ4v) is 3.48. The number of hydrogen-bond donors (Lipinski definition) is 0. The number of aryl methyl sites for hydroxylation is 1. The van der Waals surface area contributed by atoms with E-state index in [2.05, 4.69) is 19.1 Å². The predicted molar refractivity (Wildman–Crippen MR) is 130 cm³/mol. The second-order valence-electron chi connectivity index (χ2n) is 7.58. The van der Waals surface area contributed by atoms with Gasteiger partial charge in [-0.25, -0.2) is 0 Å². The normalized spacial score (nSPS) is 10.9. The highest BCUT2D eigenvalue weighted by Gasteiger charge is 2.17. The van der Waals surface area contributed by atoms with Gasteiger partial charge in [0.25, 0.3) is 5.91 Å². The lowest BCUT2D eigenvalue weighted by molar-refractivity contribution is 0.0989. The van der Waals surface area contributed by atoms with Crippen LogP contribution in [0.2, 0.25) is 0 Å². The second kappa shape index (κ2) is 11.8. The summed E-state index contributed by atoms with van der Waals surface area (Å²) in [6.07, 6.45) is 8.76. The fourth-order valence-electron chi connectivity index (χ4n) is 3.48. The van der Waals surface area contributed by atoms with Gasteiger partial charge in [-0.1, -0.05) is 74.4 Å². The number of ether oxygens (including phenoxy) is 1. The van der Waals surface area contributed by atoms with Crippen molar-refractivity contribution in [3.8, 4) is 5.75 Å². The van der Waals surface area contributed by atoms with Crippen molar-refractivity contribution in [3.63, 3.8) is 0 Å². The molecule has 0 heterocycles. The number of hydrogen-bond acceptors (Lipinski definition) is 2. The molecule has 0 spiro atoms. The van der Waals surface area contributed by atoms with Crippen molar-refractivity contribution in [2.45, 2.75) is 32.6 Å². The summed E-state index contributed by atoms with van der Waals surface area (Å²) < 4.78 is 5.27. The van der Waals surface area contributed by atoms with Crippen LogP contribution in [0.5, 0.6) is 5.75 Å². The number of nitrogens with zero attached hydrogens (tertiary/aromatic N) is 1. The van der Waals surface area contributed by atoms with Crippen LogP contribution in [0.25, 0.3) is 6.08 Å². The Morgan fingerprint density at radius 1 is 0.903 bits per heavy atom. The number of carbonyl (C=O) groups is 1. The van der Waals surface area contributed by atoms with Gasteiger partial charge in [-0.05, 0) is 60.4 Å². The minimum Gasteiger partial charge on any atom is -0.497 e. The molecule has 0 aliphatic rings. The first-order valence-electron chi connectivity index (χ1n) is 11.0. The van der Waals surface area contributed by atoms with E-state index in [-0.39, 0.29) is 5.91 Å². The summed E-state index contributed by atoms with van der Waals surface area (Å²) in [7, 11) is 1.64. The zero-order valence-corrected chi connectivity index (χ0v) is 18.5. The average Bonchev–Trinajstić information content (AvgIpc) is 2.83. The van der Waals surface area contributed by atoms with Crippen LogP contribution < -0.4 is 9.64 Å². The van der Waals surface area contributed by atoms with E-state index in [1.54, 1.807) is 12.0 Å². The minimum absolute atomic E-state index is 0.0111. The quantitative estimate of drug-likeness (QED) is 0.343. The third-order valence-corrected chi connectivity index (χ3v) is 5.30. The van der Waals surface area contributed by atoms with Crippen LogP contribution in [0, 0.1) is 0 Å². The van der Waals surface area contributed by atoms with Crippen LogP contribution >= 0.6 is 0 Å². The van der Waals surface area contributed by atoms with E-state index in [4.69, 9.17) is 4.74 Å². The van der Waals surface area contributed by atoms with Crippen molar-refractivity contribution in [1.29, 1.82) is 0 Å². The van der Waals surface area contributed by atoms with Crippen molar-refractivity contribution < 1.29 is 9.53 Å². The molecular formula is C28H31NO2. The summed E-state index contributed by atoms with van der Waals surface area (Å²) in [4.78, 5) is 15.2. The highest BCUT2D eigenvalue weighted by atomic mass is 16.5. The lowest BCUT2D eigenvalue weighted by Crippen LogP contribution is -2.31. The maximum atomic E-state index is 13.4. The van der Waals surface area contributed by atoms with E-state index in [0.717, 1.165) is 23.4 Å². The van der Waals surface area contributed by atoms with Gasteiger partial charge in [0.1, 0.15) is 5.75 Å². The molecule has 0 saturated carbocycles. The molecule has 0 atom stereocenters. The zero-order chi connectivity index (χ0) is 21.9. The summed E-state index contributed by atoms with van der Waals surface area (Å²) in [5.41, 5.74) is 3.93. The van der Waals surface area contributed by atoms with Gasteiger partial charge in [-0.15, -0.1) is 0 Å². The Bertz CT molecular complexity index is 960. The molecule has 0 bridgehead atoms. The number of carbonyl (C=O) groups excluding carboxylic acids is 1. The SMILES string of the molecule is CCCCCc1ccc(C(=O)N(C/C=C/c2ccccc2)c2ccc(OC)cc2)cc1. The van der Waals surface area contributed by atoms with Gasteiger partial charge >= 0.3 is 0 Å². The molecule has 0 fully saturated rings. The zero-order valence-electron chi connectivity index (χ0n) is 18.5. The van der Waals surface area contributed by atoms with E-state index >= 15 is 0 Å². The molecule has 160 valence electrons. The van der Waals surface area contributed by atoms with Crippen molar-refractivity contribution in [2.75, 3.05) is 18.6 Å². The Hall–Kier alpha value is -3.33. The van der Waals surface area contributed by atoms with E-state index in [1.165, 1.54) is 24.8 Å². The number of benzene rings is 3. The molecule has 3 aromatic rings. The van der Waals surface area contributed by atoms with Crippen molar-refractivity contribution >= 4 is 17.7 Å². The molecule has 0 N–H and O–H groups in total. The lowest BCUT2D eigenvalue weighted by Gasteiger charge is -2.22. The Labute approximate surface area is 186 Å². The van der Waals surface area contributed by atoms with Crippen LogP contribution in [-0.2, 0) is 6.42 Å². The maximum absolute atomic E-state index is 13.4. The topological polar surface area (TPSA) is 29.5 Å². The number of methoxy groups -OCH3 is 1. The van der Waals surface area contributed by atoms with Crippen LogP contribution in [0.4, 0.5) is 5.69 Å². The first-order valence-corrected chi connectivity index (χ1v) is 11.0. The van der Waals surface area contributed by atoms with Crippen molar-refractivity contribution in [1.82, 2.24) is 0 Å². The molecule has 0 aromatic heterocycles. The Kier molecular flexibility index (Phi) is 8.48. The van der Waals surface area contributed by atoms with Crippen molar-refractivity contribution in [3.05, 3.63) is 102 Å². The van der Waals surface area contributed by atoms with Crippen LogP contribution in [-0.4, -0.2) is 19.6 Å². The standard InChI is InChI=1S/C28H31NO2/c1-3-4-6-10-24-14-16-25(17-15-24)28(30)29(26-18-20-27(31-2)21-19-26)22-9-13-23-11-7-5-8-12-23/h5,7-9,11-21H,3-4,6,10,22H2,1-2H3/b13-9+. The third-order valence-electron chi connectivity index (χ3n) is 5.30. The molecule has 0 aliphatic carbocycles. The molecule has 0 unspecified atom stereocenters. The Morgan fingerprint density at radius 2 is 1.61 bits per heavy atom. The summed E-state index contributed by atoms with van der Waals surface area (Å²) in [5, 5.41) is 0. The summed E-state index contributed by atoms with van der Waals surface area (Å²) in [6.45, 7) is 2.69. The van der Waals surface area contributed by atoms with Crippen LogP contribution in [0.3, 0.4) is 0 Å². The molecule has 31 heavy (non-hydrogen) atoms. The molecule has 3 rings (SSSR count). The first-order chi connectivity index (χ1) is 15.2. The number of unbranched alkanes of at least 4 members (excludes halogenated alkanes) is 2. The summed E-state index contributed by atoms with van der Waals surface area (Å²) in [5.74, 6) is 0.760. The molecule has 1 amide bonds. The smallest absolute Gasteiger partial charge is 0.258 e. The van der Waals surface area contributed by atoms with Gasteiger partial charge in [0, 0.05) is 17.8 Å². The molecule has 3 heteroatoms. The van der Waals surface area contributed by atoms with E-state index in [9.17, 15) is 4.79 Å². The van der Waals surface area contributed by atoms with Gasteiger partial charge in [0.05, 0.1) is 7.11 Å². The largest absolute Gasteiger partial charge is 0.497 e. The van der Waals surface area contributed by atoms with Crippen LogP contribution in [0.15, 0.2) is 84.9 Å². The molecule has 3 aromatic carbocycles. The van der Waals surface area contributed by atoms with Gasteiger partial charge in [0.15, 0.2) is 0 Å². The number of amides is 1. The molecule has 3 nitrogen and oxygen atoms in total. The molecular weight excluding hydrogens is 382 g/mol. The lowest BCUT2D eigenvalue weighted by atomic mass is 10.0. The summed E-state index contributed by atoms with van der Waals surface area (Å²) in [6, 6.07) is 25.8. The number of rotatable bonds is 10. The van der Waals surface area contributed by atoms with Crippen molar-refractivity contribution in [2.24, 2.45) is 0 Å². The first kappa shape index (κ1) is 22.4.